The smallest absolute Gasteiger partial charge is 0.228 e. The maximum absolute atomic E-state index is 13.0. The lowest BCUT2D eigenvalue weighted by Crippen LogP contribution is -2.47. The molecule has 0 saturated carbocycles. The number of amides is 1. The molecule has 6 heteroatoms. The molecule has 4 heterocycles. The molecule has 0 aliphatic carbocycles. The van der Waals surface area contributed by atoms with Crippen LogP contribution in [-0.4, -0.2) is 65.4 Å². The number of hydrogen-bond donors (Lipinski definition) is 0. The molecule has 1 aromatic heterocycles. The van der Waals surface area contributed by atoms with E-state index >= 15 is 0 Å². The van der Waals surface area contributed by atoms with Crippen LogP contribution in [0.4, 0.5) is 5.95 Å². The predicted octanol–water partition coefficient (Wildman–Crippen LogP) is 3.57. The fourth-order valence-corrected chi connectivity index (χ4v) is 5.65. The van der Waals surface area contributed by atoms with Crippen molar-refractivity contribution in [3.8, 4) is 0 Å². The highest BCUT2D eigenvalue weighted by molar-refractivity contribution is 5.82. The molecule has 0 spiro atoms. The third-order valence-corrected chi connectivity index (χ3v) is 7.93. The van der Waals surface area contributed by atoms with Crippen molar-refractivity contribution in [3.63, 3.8) is 0 Å². The van der Waals surface area contributed by atoms with Crippen LogP contribution >= 0.6 is 0 Å². The first-order valence-electron chi connectivity index (χ1n) is 12.0. The highest BCUT2D eigenvalue weighted by Crippen LogP contribution is 2.42. The van der Waals surface area contributed by atoms with E-state index in [1.807, 2.05) is 24.3 Å². The number of nitrogens with zero attached hydrogens (tertiary/aromatic N) is 5. The Kier molecular flexibility index (Phi) is 6.61. The Labute approximate surface area is 182 Å². The van der Waals surface area contributed by atoms with Crippen molar-refractivity contribution in [1.82, 2.24) is 19.8 Å². The van der Waals surface area contributed by atoms with E-state index in [1.165, 1.54) is 24.8 Å². The molecule has 30 heavy (non-hydrogen) atoms. The highest BCUT2D eigenvalue weighted by Gasteiger charge is 2.44. The first kappa shape index (κ1) is 21.5. The van der Waals surface area contributed by atoms with Crippen LogP contribution in [0.2, 0.25) is 0 Å². The molecule has 3 fully saturated rings. The minimum atomic E-state index is -0.173. The van der Waals surface area contributed by atoms with Gasteiger partial charge in [0, 0.05) is 56.6 Å². The van der Waals surface area contributed by atoms with E-state index in [9.17, 15) is 4.79 Å². The van der Waals surface area contributed by atoms with Gasteiger partial charge in [0.05, 0.1) is 0 Å². The maximum atomic E-state index is 13.0. The SMILES string of the molecule is CC1CCN(c2ncc(CN3CCC([C@@]4(C)CCCCN(C)C4=O)CC3)cn2)CC1. The largest absolute Gasteiger partial charge is 0.345 e. The molecule has 6 nitrogen and oxygen atoms in total. The molecule has 3 aliphatic rings. The molecule has 3 aliphatic heterocycles. The van der Waals surface area contributed by atoms with E-state index in [-0.39, 0.29) is 5.41 Å². The van der Waals surface area contributed by atoms with Crippen LogP contribution in [0.5, 0.6) is 0 Å². The predicted molar refractivity (Wildman–Crippen MR) is 120 cm³/mol. The van der Waals surface area contributed by atoms with Crippen LogP contribution in [-0.2, 0) is 11.3 Å². The number of rotatable bonds is 4. The lowest BCUT2D eigenvalue weighted by atomic mass is 9.69. The summed E-state index contributed by atoms with van der Waals surface area (Å²) in [7, 11) is 1.98. The second-order valence-corrected chi connectivity index (χ2v) is 10.2. The van der Waals surface area contributed by atoms with Crippen molar-refractivity contribution in [2.45, 2.75) is 65.3 Å². The van der Waals surface area contributed by atoms with E-state index in [2.05, 4.69) is 33.6 Å². The van der Waals surface area contributed by atoms with Gasteiger partial charge in [0.2, 0.25) is 11.9 Å². The summed E-state index contributed by atoms with van der Waals surface area (Å²) in [5.41, 5.74) is 1.02. The summed E-state index contributed by atoms with van der Waals surface area (Å²) in [5, 5.41) is 0. The number of likely N-dealkylation sites (tertiary alicyclic amines) is 2. The summed E-state index contributed by atoms with van der Waals surface area (Å²) in [4.78, 5) is 29.1. The van der Waals surface area contributed by atoms with Crippen LogP contribution in [0.3, 0.4) is 0 Å². The molecule has 1 amide bonds. The van der Waals surface area contributed by atoms with Gasteiger partial charge >= 0.3 is 0 Å². The minimum absolute atomic E-state index is 0.173. The summed E-state index contributed by atoms with van der Waals surface area (Å²) < 4.78 is 0. The molecular formula is C24H39N5O. The van der Waals surface area contributed by atoms with Crippen molar-refractivity contribution < 1.29 is 4.79 Å². The summed E-state index contributed by atoms with van der Waals surface area (Å²) in [5.74, 6) is 2.57. The van der Waals surface area contributed by atoms with Crippen LogP contribution in [0, 0.1) is 17.3 Å². The van der Waals surface area contributed by atoms with Gasteiger partial charge in [0.1, 0.15) is 0 Å². The lowest BCUT2D eigenvalue weighted by molar-refractivity contribution is -0.143. The zero-order chi connectivity index (χ0) is 21.1. The second kappa shape index (κ2) is 9.21. The fourth-order valence-electron chi connectivity index (χ4n) is 5.65. The van der Waals surface area contributed by atoms with Crippen molar-refractivity contribution in [2.24, 2.45) is 17.3 Å². The normalized spacial score (nSPS) is 28.0. The fraction of sp³-hybridized carbons (Fsp3) is 0.792. The summed E-state index contributed by atoms with van der Waals surface area (Å²) >= 11 is 0. The molecule has 4 rings (SSSR count). The number of anilines is 1. The number of hydrogen-bond acceptors (Lipinski definition) is 5. The van der Waals surface area contributed by atoms with Crippen LogP contribution in [0.25, 0.3) is 0 Å². The second-order valence-electron chi connectivity index (χ2n) is 10.2. The Bertz CT molecular complexity index is 707. The summed E-state index contributed by atoms with van der Waals surface area (Å²) in [6.07, 6.45) is 12.1. The molecule has 0 unspecified atom stereocenters. The van der Waals surface area contributed by atoms with Gasteiger partial charge in [0.25, 0.3) is 0 Å². The molecule has 166 valence electrons. The molecule has 1 aromatic rings. The average molecular weight is 414 g/mol. The van der Waals surface area contributed by atoms with E-state index in [4.69, 9.17) is 0 Å². The van der Waals surface area contributed by atoms with Crippen LogP contribution in [0.15, 0.2) is 12.4 Å². The summed E-state index contributed by atoms with van der Waals surface area (Å²) in [6.45, 7) is 10.6. The Balaban J connectivity index is 1.30. The van der Waals surface area contributed by atoms with E-state index < -0.39 is 0 Å². The maximum Gasteiger partial charge on any atom is 0.228 e. The van der Waals surface area contributed by atoms with Gasteiger partial charge in [-0.3, -0.25) is 9.69 Å². The third kappa shape index (κ3) is 4.63. The quantitative estimate of drug-likeness (QED) is 0.755. The molecule has 0 bridgehead atoms. The third-order valence-electron chi connectivity index (χ3n) is 7.93. The van der Waals surface area contributed by atoms with Crippen molar-refractivity contribution in [3.05, 3.63) is 18.0 Å². The number of carbonyl (C=O) groups is 1. The van der Waals surface area contributed by atoms with Gasteiger partial charge in [-0.2, -0.15) is 0 Å². The molecule has 0 aromatic carbocycles. The monoisotopic (exact) mass is 413 g/mol. The molecule has 0 radical (unpaired) electrons. The highest BCUT2D eigenvalue weighted by atomic mass is 16.2. The Hall–Kier alpha value is -1.69. The topological polar surface area (TPSA) is 52.6 Å². The molecule has 1 atom stereocenters. The van der Waals surface area contributed by atoms with E-state index in [0.29, 0.717) is 11.8 Å². The van der Waals surface area contributed by atoms with Crippen molar-refractivity contribution in [2.75, 3.05) is 44.7 Å². The van der Waals surface area contributed by atoms with Crippen molar-refractivity contribution in [1.29, 1.82) is 0 Å². The van der Waals surface area contributed by atoms with E-state index in [1.54, 1.807) is 0 Å². The van der Waals surface area contributed by atoms with Gasteiger partial charge in [-0.25, -0.2) is 9.97 Å². The number of carbonyl (C=O) groups excluding carboxylic acids is 1. The number of aromatic nitrogens is 2. The van der Waals surface area contributed by atoms with E-state index in [0.717, 1.165) is 76.8 Å². The Morgan fingerprint density at radius 1 is 1.00 bits per heavy atom. The summed E-state index contributed by atoms with van der Waals surface area (Å²) in [6, 6.07) is 0. The standard InChI is InChI=1S/C24H39N5O/c1-19-6-14-29(15-7-19)23-25-16-20(17-26-23)18-28-12-8-21(9-13-28)24(2)10-4-5-11-27(3)22(24)30/h16-17,19,21H,4-15,18H2,1-3H3/t24-/m1/s1. The Morgan fingerprint density at radius 3 is 2.33 bits per heavy atom. The van der Waals surface area contributed by atoms with Crippen LogP contribution < -0.4 is 4.90 Å². The first-order valence-corrected chi connectivity index (χ1v) is 12.0. The zero-order valence-electron chi connectivity index (χ0n) is 19.1. The Morgan fingerprint density at radius 2 is 1.67 bits per heavy atom. The van der Waals surface area contributed by atoms with Gasteiger partial charge in [-0.1, -0.05) is 20.3 Å². The van der Waals surface area contributed by atoms with Crippen LogP contribution in [0.1, 0.15) is 64.4 Å². The van der Waals surface area contributed by atoms with Gasteiger partial charge in [0.15, 0.2) is 0 Å². The minimum Gasteiger partial charge on any atom is -0.345 e. The average Bonchev–Trinajstić information content (AvgIpc) is 2.89. The molecule has 0 N–H and O–H groups in total. The molecule has 3 saturated heterocycles. The van der Waals surface area contributed by atoms with Gasteiger partial charge in [-0.15, -0.1) is 0 Å². The molecular weight excluding hydrogens is 374 g/mol. The zero-order valence-corrected chi connectivity index (χ0v) is 19.1. The lowest BCUT2D eigenvalue weighted by Gasteiger charge is -2.42. The van der Waals surface area contributed by atoms with Gasteiger partial charge < -0.3 is 9.80 Å². The number of piperidine rings is 2. The first-order chi connectivity index (χ1) is 14.5. The van der Waals surface area contributed by atoms with Crippen molar-refractivity contribution >= 4 is 11.9 Å². The van der Waals surface area contributed by atoms with Gasteiger partial charge in [-0.05, 0) is 63.5 Å².